The van der Waals surface area contributed by atoms with E-state index in [1.165, 1.54) is 7.11 Å². The third kappa shape index (κ3) is 8.69. The minimum atomic E-state index is -0.734. The summed E-state index contributed by atoms with van der Waals surface area (Å²) in [5.74, 6) is -0.585. The third-order valence-corrected chi connectivity index (χ3v) is 4.68. The van der Waals surface area contributed by atoms with Gasteiger partial charge in [0.05, 0.1) is 13.2 Å². The molecule has 0 bridgehead atoms. The van der Waals surface area contributed by atoms with E-state index in [4.69, 9.17) is 0 Å². The SMILES string of the molecule is CCC(=O)SC[C@H](NC(=O)[C@H](CCC(=O)OC)NC)C(=O)I. The van der Waals surface area contributed by atoms with Crippen LogP contribution in [-0.2, 0) is 23.9 Å². The molecule has 0 aromatic heterocycles. The number of hydrogen-bond acceptors (Lipinski definition) is 7. The standard InChI is InChI=1S/C13H21IN2O5S/c1-4-11(18)22-7-9(12(14)19)16-13(20)8(15-2)5-6-10(17)21-3/h8-9,15H,4-7H2,1-3H3,(H,16,20)/t8-,9-/m0/s1. The van der Waals surface area contributed by atoms with Crippen molar-refractivity contribution in [2.24, 2.45) is 0 Å². The molecular weight excluding hydrogens is 423 g/mol. The van der Waals surface area contributed by atoms with Crippen molar-refractivity contribution in [3.8, 4) is 0 Å². The Labute approximate surface area is 147 Å². The Bertz CT molecular complexity index is 419. The lowest BCUT2D eigenvalue weighted by Gasteiger charge is -2.19. The second-order valence-corrected chi connectivity index (χ2v) is 6.50. The first-order valence-electron chi connectivity index (χ1n) is 6.75. The van der Waals surface area contributed by atoms with Gasteiger partial charge in [0.2, 0.25) is 9.70 Å². The van der Waals surface area contributed by atoms with Gasteiger partial charge < -0.3 is 15.4 Å². The Hall–Kier alpha value is -0.680. The molecule has 0 aliphatic rings. The van der Waals surface area contributed by atoms with Gasteiger partial charge in [0.25, 0.3) is 0 Å². The minimum absolute atomic E-state index is 0.0345. The number of carbonyl (C=O) groups is 4. The van der Waals surface area contributed by atoms with E-state index in [1.807, 2.05) is 0 Å². The highest BCUT2D eigenvalue weighted by atomic mass is 127. The van der Waals surface area contributed by atoms with Gasteiger partial charge in [0.15, 0.2) is 5.12 Å². The predicted molar refractivity (Wildman–Crippen MR) is 92.8 cm³/mol. The molecular formula is C13H21IN2O5S. The molecule has 7 nitrogen and oxygen atoms in total. The highest BCUT2D eigenvalue weighted by Crippen LogP contribution is 2.10. The van der Waals surface area contributed by atoms with Crippen molar-refractivity contribution in [3.05, 3.63) is 0 Å². The molecule has 0 radical (unpaired) electrons. The monoisotopic (exact) mass is 444 g/mol. The topological polar surface area (TPSA) is 102 Å². The number of likely N-dealkylation sites (N-methyl/N-ethyl adjacent to an activating group) is 1. The molecule has 0 aliphatic heterocycles. The first-order chi connectivity index (χ1) is 10.3. The lowest BCUT2D eigenvalue weighted by molar-refractivity contribution is -0.141. The van der Waals surface area contributed by atoms with Crippen molar-refractivity contribution in [1.29, 1.82) is 0 Å². The van der Waals surface area contributed by atoms with Crippen molar-refractivity contribution in [1.82, 2.24) is 10.6 Å². The van der Waals surface area contributed by atoms with Crippen LogP contribution in [0, 0.1) is 0 Å². The summed E-state index contributed by atoms with van der Waals surface area (Å²) in [4.78, 5) is 46.1. The van der Waals surface area contributed by atoms with Crippen LogP contribution < -0.4 is 10.6 Å². The van der Waals surface area contributed by atoms with Crippen LogP contribution in [-0.4, -0.2) is 52.8 Å². The van der Waals surface area contributed by atoms with Crippen LogP contribution in [0.3, 0.4) is 0 Å². The summed E-state index contributed by atoms with van der Waals surface area (Å²) < 4.78 is 4.28. The number of esters is 1. The first kappa shape index (κ1) is 21.3. The number of nitrogens with one attached hydrogen (secondary N) is 2. The Balaban J connectivity index is 4.54. The Kier molecular flexibility index (Phi) is 11.5. The van der Waals surface area contributed by atoms with E-state index in [0.717, 1.165) is 11.8 Å². The van der Waals surface area contributed by atoms with Gasteiger partial charge in [-0.15, -0.1) is 0 Å². The van der Waals surface area contributed by atoms with Crippen molar-refractivity contribution < 1.29 is 23.9 Å². The van der Waals surface area contributed by atoms with E-state index in [9.17, 15) is 19.2 Å². The third-order valence-electron chi connectivity index (χ3n) is 2.82. The van der Waals surface area contributed by atoms with Crippen LogP contribution in [0.15, 0.2) is 0 Å². The molecule has 2 N–H and O–H groups in total. The average Bonchev–Trinajstić information content (AvgIpc) is 2.50. The van der Waals surface area contributed by atoms with Crippen molar-refractivity contribution in [2.75, 3.05) is 19.9 Å². The Morgan fingerprint density at radius 1 is 1.23 bits per heavy atom. The van der Waals surface area contributed by atoms with Crippen molar-refractivity contribution >= 4 is 55.1 Å². The van der Waals surface area contributed by atoms with Gasteiger partial charge in [-0.1, -0.05) is 18.7 Å². The zero-order valence-electron chi connectivity index (χ0n) is 12.8. The number of methoxy groups -OCH3 is 1. The number of carbonyl (C=O) groups excluding carboxylic acids is 4. The zero-order chi connectivity index (χ0) is 17.1. The number of amides is 1. The molecule has 0 spiro atoms. The molecule has 0 unspecified atom stereocenters. The highest BCUT2D eigenvalue weighted by molar-refractivity contribution is 14.1. The number of ether oxygens (including phenoxy) is 1. The maximum atomic E-state index is 12.1. The van der Waals surface area contributed by atoms with E-state index in [1.54, 1.807) is 36.6 Å². The molecule has 0 heterocycles. The number of thioether (sulfide) groups is 1. The summed E-state index contributed by atoms with van der Waals surface area (Å²) in [5.41, 5.74) is 0. The molecule has 0 aromatic carbocycles. The molecule has 9 heteroatoms. The fourth-order valence-corrected chi connectivity index (χ4v) is 2.95. The van der Waals surface area contributed by atoms with Crippen LogP contribution in [0.1, 0.15) is 26.2 Å². The highest BCUT2D eigenvalue weighted by Gasteiger charge is 2.24. The normalized spacial score (nSPS) is 13.1. The van der Waals surface area contributed by atoms with E-state index in [2.05, 4.69) is 15.4 Å². The molecule has 1 amide bonds. The number of rotatable bonds is 10. The van der Waals surface area contributed by atoms with Crippen LogP contribution in [0.2, 0.25) is 0 Å². The maximum Gasteiger partial charge on any atom is 0.305 e. The predicted octanol–water partition coefficient (Wildman–Crippen LogP) is 0.644. The van der Waals surface area contributed by atoms with Gasteiger partial charge in [-0.2, -0.15) is 0 Å². The van der Waals surface area contributed by atoms with Gasteiger partial charge in [0.1, 0.15) is 6.04 Å². The second kappa shape index (κ2) is 11.8. The van der Waals surface area contributed by atoms with Gasteiger partial charge in [-0.25, -0.2) is 0 Å². The summed E-state index contributed by atoms with van der Waals surface area (Å²) in [7, 11) is 2.88. The summed E-state index contributed by atoms with van der Waals surface area (Å²) in [5, 5.41) is 5.36. The molecule has 0 aliphatic carbocycles. The lowest BCUT2D eigenvalue weighted by Crippen LogP contribution is -2.49. The van der Waals surface area contributed by atoms with Crippen molar-refractivity contribution in [3.63, 3.8) is 0 Å². The fraction of sp³-hybridized carbons (Fsp3) is 0.692. The maximum absolute atomic E-state index is 12.1. The Morgan fingerprint density at radius 2 is 1.86 bits per heavy atom. The number of hydrogen-bond donors (Lipinski definition) is 2. The Morgan fingerprint density at radius 3 is 2.32 bits per heavy atom. The van der Waals surface area contributed by atoms with Gasteiger partial charge in [0, 0.05) is 41.2 Å². The molecule has 2 atom stereocenters. The van der Waals surface area contributed by atoms with E-state index < -0.39 is 18.1 Å². The molecule has 0 rings (SSSR count). The number of halogens is 1. The molecule has 0 saturated heterocycles. The van der Waals surface area contributed by atoms with Gasteiger partial charge in [-0.3, -0.25) is 19.2 Å². The summed E-state index contributed by atoms with van der Waals surface area (Å²) in [6.45, 7) is 1.73. The van der Waals surface area contributed by atoms with E-state index >= 15 is 0 Å². The van der Waals surface area contributed by atoms with E-state index in [-0.39, 0.29) is 33.4 Å². The van der Waals surface area contributed by atoms with Crippen LogP contribution in [0.5, 0.6) is 0 Å². The van der Waals surface area contributed by atoms with Crippen LogP contribution in [0.25, 0.3) is 0 Å². The van der Waals surface area contributed by atoms with Crippen molar-refractivity contribution in [2.45, 2.75) is 38.3 Å². The van der Waals surface area contributed by atoms with Gasteiger partial charge in [-0.05, 0) is 13.5 Å². The van der Waals surface area contributed by atoms with Crippen LogP contribution >= 0.6 is 34.4 Å². The molecule has 126 valence electrons. The smallest absolute Gasteiger partial charge is 0.305 e. The second-order valence-electron chi connectivity index (χ2n) is 4.36. The average molecular weight is 444 g/mol. The quantitative estimate of drug-likeness (QED) is 0.290. The molecule has 0 fully saturated rings. The fourth-order valence-electron chi connectivity index (χ4n) is 1.49. The summed E-state index contributed by atoms with van der Waals surface area (Å²) in [6, 6.07) is -1.34. The largest absolute Gasteiger partial charge is 0.469 e. The summed E-state index contributed by atoms with van der Waals surface area (Å²) >= 11 is 2.62. The van der Waals surface area contributed by atoms with Crippen LogP contribution in [0.4, 0.5) is 0 Å². The molecule has 0 aromatic rings. The van der Waals surface area contributed by atoms with E-state index in [0.29, 0.717) is 6.42 Å². The zero-order valence-corrected chi connectivity index (χ0v) is 15.8. The van der Waals surface area contributed by atoms with Gasteiger partial charge >= 0.3 is 5.97 Å². The minimum Gasteiger partial charge on any atom is -0.469 e. The summed E-state index contributed by atoms with van der Waals surface area (Å²) in [6.07, 6.45) is 0.735. The lowest BCUT2D eigenvalue weighted by atomic mass is 10.1. The molecule has 22 heavy (non-hydrogen) atoms. The molecule has 0 saturated carbocycles. The first-order valence-corrected chi connectivity index (χ1v) is 8.81.